The van der Waals surface area contributed by atoms with Crippen LogP contribution in [0.4, 0.5) is 0 Å². The van der Waals surface area contributed by atoms with Crippen molar-refractivity contribution in [2.45, 2.75) is 36.9 Å². The van der Waals surface area contributed by atoms with Gasteiger partial charge in [0.15, 0.2) is 0 Å². The van der Waals surface area contributed by atoms with Crippen molar-refractivity contribution >= 4 is 35.2 Å². The van der Waals surface area contributed by atoms with E-state index in [1.54, 1.807) is 21.2 Å². The van der Waals surface area contributed by atoms with Crippen molar-refractivity contribution in [3.8, 4) is 0 Å². The Morgan fingerprint density at radius 2 is 1.81 bits per heavy atom. The number of thioether (sulfide) groups is 2. The zero-order chi connectivity index (χ0) is 19.6. The van der Waals surface area contributed by atoms with Gasteiger partial charge in [-0.25, -0.2) is 9.50 Å². The lowest BCUT2D eigenvalue weighted by Gasteiger charge is -2.19. The van der Waals surface area contributed by atoms with Gasteiger partial charge in [0.05, 0.1) is 6.42 Å². The molecule has 142 valence electrons. The summed E-state index contributed by atoms with van der Waals surface area (Å²) in [5, 5.41) is 5.13. The molecule has 8 heteroatoms. The van der Waals surface area contributed by atoms with Crippen LogP contribution in [-0.2, 0) is 17.8 Å². The minimum Gasteiger partial charge on any atom is -0.341 e. The number of aryl methyl sites for hydroxylation is 2. The molecule has 0 saturated heterocycles. The Morgan fingerprint density at radius 1 is 1.11 bits per heavy atom. The molecule has 6 nitrogen and oxygen atoms in total. The van der Waals surface area contributed by atoms with Gasteiger partial charge in [0.1, 0.15) is 0 Å². The Bertz CT molecular complexity index is 968. The van der Waals surface area contributed by atoms with Crippen molar-refractivity contribution in [1.82, 2.24) is 24.5 Å². The van der Waals surface area contributed by atoms with Crippen molar-refractivity contribution in [2.24, 2.45) is 0 Å². The van der Waals surface area contributed by atoms with Gasteiger partial charge in [-0.3, -0.25) is 4.79 Å². The number of carbonyl (C=O) groups is 1. The van der Waals surface area contributed by atoms with Gasteiger partial charge in [0.25, 0.3) is 5.78 Å². The van der Waals surface area contributed by atoms with Gasteiger partial charge < -0.3 is 4.90 Å². The first kappa shape index (κ1) is 19.7. The molecule has 3 rings (SSSR count). The van der Waals surface area contributed by atoms with Crippen LogP contribution < -0.4 is 0 Å². The molecule has 0 aliphatic rings. The Kier molecular flexibility index (Phi) is 6.06. The molecule has 2 aromatic heterocycles. The molecular weight excluding hydrogens is 378 g/mol. The number of hydrogen-bond donors (Lipinski definition) is 0. The maximum Gasteiger partial charge on any atom is 0.253 e. The quantitative estimate of drug-likeness (QED) is 0.590. The first-order valence-electron chi connectivity index (χ1n) is 8.56. The number of aromatic nitrogens is 4. The number of amides is 1. The topological polar surface area (TPSA) is 63.4 Å². The number of nitrogens with zero attached hydrogens (tertiary/aromatic N) is 5. The number of rotatable bonds is 6. The van der Waals surface area contributed by atoms with Crippen molar-refractivity contribution in [3.63, 3.8) is 0 Å². The predicted octanol–water partition coefficient (Wildman–Crippen LogP) is 3.39. The van der Waals surface area contributed by atoms with Gasteiger partial charge in [-0.05, 0) is 44.1 Å². The van der Waals surface area contributed by atoms with Crippen LogP contribution in [0.15, 0.2) is 34.3 Å². The van der Waals surface area contributed by atoms with Crippen LogP contribution in [0.2, 0.25) is 0 Å². The van der Waals surface area contributed by atoms with Gasteiger partial charge in [0, 0.05) is 35.4 Å². The first-order valence-corrected chi connectivity index (χ1v) is 11.0. The monoisotopic (exact) mass is 401 g/mol. The fourth-order valence-corrected chi connectivity index (χ4v) is 3.66. The Balaban J connectivity index is 1.77. The van der Waals surface area contributed by atoms with Crippen LogP contribution in [-0.4, -0.2) is 49.9 Å². The summed E-state index contributed by atoms with van der Waals surface area (Å²) in [5.74, 6) is 0.634. The molecule has 0 unspecified atom stereocenters. The standard InChI is InChI=1S/C19H23N5OS2/c1-12-16(13(2)24-18(20-12)21-19(22-24)27-5)10-17(25)23(3)11-14-6-8-15(26-4)9-7-14/h6-9H,10-11H2,1-5H3. The highest BCUT2D eigenvalue weighted by Gasteiger charge is 2.18. The summed E-state index contributed by atoms with van der Waals surface area (Å²) in [7, 11) is 1.84. The lowest BCUT2D eigenvalue weighted by Crippen LogP contribution is -2.28. The summed E-state index contributed by atoms with van der Waals surface area (Å²) in [5.41, 5.74) is 3.77. The van der Waals surface area contributed by atoms with E-state index in [0.29, 0.717) is 23.9 Å². The van der Waals surface area contributed by atoms with E-state index in [-0.39, 0.29) is 5.91 Å². The minimum atomic E-state index is 0.0569. The molecule has 0 spiro atoms. The molecule has 27 heavy (non-hydrogen) atoms. The molecule has 0 atom stereocenters. The molecule has 3 aromatic rings. The lowest BCUT2D eigenvalue weighted by molar-refractivity contribution is -0.129. The highest BCUT2D eigenvalue weighted by Crippen LogP contribution is 2.19. The van der Waals surface area contributed by atoms with E-state index >= 15 is 0 Å². The van der Waals surface area contributed by atoms with Crippen molar-refractivity contribution in [2.75, 3.05) is 19.6 Å². The van der Waals surface area contributed by atoms with Crippen LogP contribution in [0.1, 0.15) is 22.5 Å². The summed E-state index contributed by atoms with van der Waals surface area (Å²) >= 11 is 3.19. The fraction of sp³-hybridized carbons (Fsp3) is 0.368. The van der Waals surface area contributed by atoms with Crippen LogP contribution in [0, 0.1) is 13.8 Å². The molecule has 0 radical (unpaired) electrons. The zero-order valence-electron chi connectivity index (χ0n) is 16.2. The Morgan fingerprint density at radius 3 is 2.44 bits per heavy atom. The molecule has 0 saturated carbocycles. The van der Waals surface area contributed by atoms with Crippen LogP contribution in [0.3, 0.4) is 0 Å². The van der Waals surface area contributed by atoms with Gasteiger partial charge in [-0.2, -0.15) is 4.98 Å². The number of fused-ring (bicyclic) bond motifs is 1. The summed E-state index contributed by atoms with van der Waals surface area (Å²) in [6.07, 6.45) is 4.29. The summed E-state index contributed by atoms with van der Waals surface area (Å²) in [6, 6.07) is 8.30. The Labute approximate surface area is 167 Å². The third kappa shape index (κ3) is 4.27. The SMILES string of the molecule is CSc1ccc(CN(C)C(=O)Cc2c(C)nc3nc(SC)nn3c2C)cc1. The second kappa shape index (κ2) is 8.31. The molecule has 0 aliphatic heterocycles. The van der Waals surface area contributed by atoms with Crippen LogP contribution >= 0.6 is 23.5 Å². The van der Waals surface area contributed by atoms with E-state index in [0.717, 1.165) is 22.5 Å². The number of carbonyl (C=O) groups excluding carboxylic acids is 1. The van der Waals surface area contributed by atoms with E-state index in [1.807, 2.05) is 27.2 Å². The smallest absolute Gasteiger partial charge is 0.253 e. The highest BCUT2D eigenvalue weighted by molar-refractivity contribution is 7.98. The maximum absolute atomic E-state index is 12.8. The number of hydrogen-bond acceptors (Lipinski definition) is 6. The average Bonchev–Trinajstić information content (AvgIpc) is 3.08. The van der Waals surface area contributed by atoms with E-state index in [2.05, 4.69) is 45.6 Å². The van der Waals surface area contributed by atoms with E-state index in [1.165, 1.54) is 16.7 Å². The van der Waals surface area contributed by atoms with E-state index < -0.39 is 0 Å². The summed E-state index contributed by atoms with van der Waals surface area (Å²) in [4.78, 5) is 24.7. The summed E-state index contributed by atoms with van der Waals surface area (Å²) in [6.45, 7) is 4.47. The van der Waals surface area contributed by atoms with Crippen molar-refractivity contribution in [3.05, 3.63) is 46.8 Å². The fourth-order valence-electron chi connectivity index (χ4n) is 2.91. The molecule has 0 fully saturated rings. The third-order valence-corrected chi connectivity index (χ3v) is 5.83. The molecule has 1 amide bonds. The molecule has 0 aliphatic carbocycles. The second-order valence-electron chi connectivity index (χ2n) is 6.35. The average molecular weight is 402 g/mol. The first-order chi connectivity index (χ1) is 12.9. The minimum absolute atomic E-state index is 0.0569. The van der Waals surface area contributed by atoms with Crippen LogP contribution in [0.5, 0.6) is 0 Å². The van der Waals surface area contributed by atoms with Crippen LogP contribution in [0.25, 0.3) is 5.78 Å². The van der Waals surface area contributed by atoms with Crippen molar-refractivity contribution in [1.29, 1.82) is 0 Å². The summed E-state index contributed by atoms with van der Waals surface area (Å²) < 4.78 is 1.72. The predicted molar refractivity (Wildman–Crippen MR) is 110 cm³/mol. The molecule has 0 bridgehead atoms. The highest BCUT2D eigenvalue weighted by atomic mass is 32.2. The van der Waals surface area contributed by atoms with Crippen molar-refractivity contribution < 1.29 is 4.79 Å². The number of benzene rings is 1. The maximum atomic E-state index is 12.8. The van der Waals surface area contributed by atoms with Gasteiger partial charge in [-0.1, -0.05) is 23.9 Å². The lowest BCUT2D eigenvalue weighted by atomic mass is 10.1. The van der Waals surface area contributed by atoms with Gasteiger partial charge >= 0.3 is 0 Å². The third-order valence-electron chi connectivity index (χ3n) is 4.54. The Hall–Kier alpha value is -2.06. The van der Waals surface area contributed by atoms with Gasteiger partial charge in [-0.15, -0.1) is 16.9 Å². The zero-order valence-corrected chi connectivity index (χ0v) is 17.8. The van der Waals surface area contributed by atoms with E-state index in [9.17, 15) is 4.79 Å². The van der Waals surface area contributed by atoms with E-state index in [4.69, 9.17) is 0 Å². The normalized spacial score (nSPS) is 11.1. The molecular formula is C19H23N5OS2. The molecule has 2 heterocycles. The largest absolute Gasteiger partial charge is 0.341 e. The second-order valence-corrected chi connectivity index (χ2v) is 8.00. The molecule has 1 aromatic carbocycles. The number of likely N-dealkylation sites (N-methyl/N-ethyl adjacent to an activating group) is 1. The van der Waals surface area contributed by atoms with Gasteiger partial charge in [0.2, 0.25) is 11.1 Å². The molecule has 0 N–H and O–H groups in total.